The molecule has 0 unspecified atom stereocenters. The van der Waals surface area contributed by atoms with Crippen LogP contribution >= 0.6 is 11.3 Å². The molecule has 1 aliphatic heterocycles. The van der Waals surface area contributed by atoms with E-state index in [2.05, 4.69) is 15.4 Å². The summed E-state index contributed by atoms with van der Waals surface area (Å²) in [5.74, 6) is 0. The van der Waals surface area contributed by atoms with Gasteiger partial charge in [0.05, 0.1) is 22.5 Å². The van der Waals surface area contributed by atoms with Gasteiger partial charge in [-0.15, -0.1) is 11.3 Å². The Labute approximate surface area is 125 Å². The summed E-state index contributed by atoms with van der Waals surface area (Å²) in [5, 5.41) is 8.68. The second-order valence-electron chi connectivity index (χ2n) is 5.11. The highest BCUT2D eigenvalue weighted by molar-refractivity contribution is 7.18. The minimum atomic E-state index is -0.0586. The van der Waals surface area contributed by atoms with Crippen molar-refractivity contribution in [3.05, 3.63) is 57.0 Å². The number of nitrogens with one attached hydrogen (secondary N) is 1. The van der Waals surface area contributed by atoms with Crippen molar-refractivity contribution in [2.45, 2.75) is 19.5 Å². The zero-order valence-electron chi connectivity index (χ0n) is 11.4. The monoisotopic (exact) mass is 298 g/mol. The van der Waals surface area contributed by atoms with Crippen LogP contribution in [0.5, 0.6) is 0 Å². The van der Waals surface area contributed by atoms with Crippen molar-refractivity contribution in [1.82, 2.24) is 20.1 Å². The minimum Gasteiger partial charge on any atom is -0.312 e. The number of hydrogen-bond donors (Lipinski definition) is 1. The van der Waals surface area contributed by atoms with Crippen LogP contribution in [0.2, 0.25) is 0 Å². The summed E-state index contributed by atoms with van der Waals surface area (Å²) in [6.45, 7) is 2.10. The predicted octanol–water partition coefficient (Wildman–Crippen LogP) is 1.55. The molecule has 4 rings (SSSR count). The lowest BCUT2D eigenvalue weighted by Crippen LogP contribution is -2.31. The summed E-state index contributed by atoms with van der Waals surface area (Å²) < 4.78 is 2.67. The Bertz CT molecular complexity index is 834. The van der Waals surface area contributed by atoms with Gasteiger partial charge in [-0.05, 0) is 17.7 Å². The molecule has 0 bridgehead atoms. The van der Waals surface area contributed by atoms with Crippen LogP contribution in [0.15, 0.2) is 35.1 Å². The molecular weight excluding hydrogens is 284 g/mol. The standard InChI is InChI=1S/C15H14N4OS/c20-15-7-10-8-16-6-5-11(10)18-19(15)9-14-17-12-3-1-2-4-13(12)21-14/h1-4,7,16H,5-6,8-9H2. The van der Waals surface area contributed by atoms with E-state index in [0.29, 0.717) is 6.54 Å². The Hall–Kier alpha value is -2.05. The fraction of sp³-hybridized carbons (Fsp3) is 0.267. The van der Waals surface area contributed by atoms with Crippen molar-refractivity contribution >= 4 is 21.6 Å². The summed E-state index contributed by atoms with van der Waals surface area (Å²) in [6.07, 6.45) is 0.870. The summed E-state index contributed by atoms with van der Waals surface area (Å²) in [6, 6.07) is 9.71. The van der Waals surface area contributed by atoms with E-state index in [1.807, 2.05) is 24.3 Å². The lowest BCUT2D eigenvalue weighted by molar-refractivity contribution is 0.562. The van der Waals surface area contributed by atoms with Crippen molar-refractivity contribution in [3.8, 4) is 0 Å². The van der Waals surface area contributed by atoms with Crippen LogP contribution in [0.3, 0.4) is 0 Å². The van der Waals surface area contributed by atoms with E-state index >= 15 is 0 Å². The largest absolute Gasteiger partial charge is 0.312 e. The fourth-order valence-corrected chi connectivity index (χ4v) is 3.54. The van der Waals surface area contributed by atoms with Gasteiger partial charge < -0.3 is 5.32 Å². The van der Waals surface area contributed by atoms with Crippen molar-refractivity contribution in [1.29, 1.82) is 0 Å². The average molecular weight is 298 g/mol. The third-order valence-electron chi connectivity index (χ3n) is 3.64. The molecule has 0 radical (unpaired) electrons. The van der Waals surface area contributed by atoms with Crippen LogP contribution in [0, 0.1) is 0 Å². The van der Waals surface area contributed by atoms with E-state index in [-0.39, 0.29) is 5.56 Å². The molecule has 0 spiro atoms. The molecule has 0 saturated carbocycles. The number of benzene rings is 1. The topological polar surface area (TPSA) is 59.8 Å². The maximum atomic E-state index is 12.2. The first-order chi connectivity index (χ1) is 10.3. The first-order valence-electron chi connectivity index (χ1n) is 6.95. The predicted molar refractivity (Wildman–Crippen MR) is 82.6 cm³/mol. The van der Waals surface area contributed by atoms with E-state index in [0.717, 1.165) is 46.0 Å². The maximum Gasteiger partial charge on any atom is 0.267 e. The number of thiazole rings is 1. The highest BCUT2D eigenvalue weighted by atomic mass is 32.1. The summed E-state index contributed by atoms with van der Waals surface area (Å²) in [7, 11) is 0. The van der Waals surface area contributed by atoms with Crippen LogP contribution in [0.1, 0.15) is 16.3 Å². The van der Waals surface area contributed by atoms with Gasteiger partial charge in [0.1, 0.15) is 5.01 Å². The minimum absolute atomic E-state index is 0.0586. The first-order valence-corrected chi connectivity index (χ1v) is 7.76. The van der Waals surface area contributed by atoms with Gasteiger partial charge in [-0.1, -0.05) is 12.1 Å². The lowest BCUT2D eigenvalue weighted by Gasteiger charge is -2.16. The zero-order valence-corrected chi connectivity index (χ0v) is 12.2. The summed E-state index contributed by atoms with van der Waals surface area (Å²) >= 11 is 1.62. The molecule has 1 aliphatic rings. The van der Waals surface area contributed by atoms with Crippen molar-refractivity contribution in [3.63, 3.8) is 0 Å². The van der Waals surface area contributed by atoms with E-state index in [1.54, 1.807) is 17.4 Å². The van der Waals surface area contributed by atoms with Gasteiger partial charge in [-0.2, -0.15) is 5.10 Å². The molecule has 1 aromatic carbocycles. The molecule has 3 aromatic rings. The number of para-hydroxylation sites is 1. The van der Waals surface area contributed by atoms with Crippen LogP contribution < -0.4 is 10.9 Å². The highest BCUT2D eigenvalue weighted by Crippen LogP contribution is 2.21. The Morgan fingerprint density at radius 3 is 3.14 bits per heavy atom. The molecular formula is C15H14N4OS. The Kier molecular flexibility index (Phi) is 3.05. The van der Waals surface area contributed by atoms with Gasteiger partial charge in [-0.3, -0.25) is 4.79 Å². The van der Waals surface area contributed by atoms with Gasteiger partial charge in [0.15, 0.2) is 0 Å². The lowest BCUT2D eigenvalue weighted by atomic mass is 10.1. The van der Waals surface area contributed by atoms with Crippen LogP contribution in [0.4, 0.5) is 0 Å². The third-order valence-corrected chi connectivity index (χ3v) is 4.66. The van der Waals surface area contributed by atoms with Crippen LogP contribution in [-0.2, 0) is 19.5 Å². The van der Waals surface area contributed by atoms with Crippen molar-refractivity contribution in [2.75, 3.05) is 6.54 Å². The van der Waals surface area contributed by atoms with E-state index < -0.39 is 0 Å². The smallest absolute Gasteiger partial charge is 0.267 e. The Morgan fingerprint density at radius 2 is 2.24 bits per heavy atom. The van der Waals surface area contributed by atoms with Gasteiger partial charge in [0.2, 0.25) is 0 Å². The zero-order chi connectivity index (χ0) is 14.2. The van der Waals surface area contributed by atoms with E-state index in [4.69, 9.17) is 0 Å². The van der Waals surface area contributed by atoms with Gasteiger partial charge in [-0.25, -0.2) is 9.67 Å². The van der Waals surface area contributed by atoms with Gasteiger partial charge in [0.25, 0.3) is 5.56 Å². The second kappa shape index (κ2) is 5.05. The Morgan fingerprint density at radius 1 is 1.33 bits per heavy atom. The molecule has 0 atom stereocenters. The highest BCUT2D eigenvalue weighted by Gasteiger charge is 2.13. The van der Waals surface area contributed by atoms with Gasteiger partial charge >= 0.3 is 0 Å². The number of nitrogens with zero attached hydrogens (tertiary/aromatic N) is 3. The molecule has 1 N–H and O–H groups in total. The number of aromatic nitrogens is 3. The first kappa shape index (κ1) is 12.7. The van der Waals surface area contributed by atoms with Gasteiger partial charge in [0, 0.05) is 25.6 Å². The van der Waals surface area contributed by atoms with Crippen molar-refractivity contribution in [2.24, 2.45) is 0 Å². The number of hydrogen-bond acceptors (Lipinski definition) is 5. The van der Waals surface area contributed by atoms with E-state index in [1.165, 1.54) is 4.68 Å². The Balaban J connectivity index is 1.71. The molecule has 6 heteroatoms. The molecule has 3 heterocycles. The molecule has 5 nitrogen and oxygen atoms in total. The molecule has 0 fully saturated rings. The second-order valence-corrected chi connectivity index (χ2v) is 6.23. The summed E-state index contributed by atoms with van der Waals surface area (Å²) in [5.41, 5.74) is 2.96. The maximum absolute atomic E-state index is 12.2. The number of fused-ring (bicyclic) bond motifs is 2. The normalized spacial score (nSPS) is 14.3. The van der Waals surface area contributed by atoms with Crippen LogP contribution in [-0.4, -0.2) is 21.3 Å². The molecule has 2 aromatic heterocycles. The SMILES string of the molecule is O=c1cc2c(nn1Cc1nc3ccccc3s1)CCNC2. The molecule has 106 valence electrons. The quantitative estimate of drug-likeness (QED) is 0.780. The van der Waals surface area contributed by atoms with E-state index in [9.17, 15) is 4.79 Å². The average Bonchev–Trinajstić information content (AvgIpc) is 2.90. The number of rotatable bonds is 2. The third kappa shape index (κ3) is 2.36. The molecule has 0 saturated heterocycles. The molecule has 0 amide bonds. The fourth-order valence-electron chi connectivity index (χ4n) is 2.59. The van der Waals surface area contributed by atoms with Crippen LogP contribution in [0.25, 0.3) is 10.2 Å². The van der Waals surface area contributed by atoms with Crippen molar-refractivity contribution < 1.29 is 0 Å². The molecule has 0 aliphatic carbocycles. The molecule has 21 heavy (non-hydrogen) atoms. The summed E-state index contributed by atoms with van der Waals surface area (Å²) in [4.78, 5) is 16.7.